The van der Waals surface area contributed by atoms with Gasteiger partial charge in [0.05, 0.1) is 19.3 Å². The number of rotatable bonds is 6. The minimum atomic E-state index is -1.75. The van der Waals surface area contributed by atoms with Gasteiger partial charge in [-0.25, -0.2) is 9.59 Å². The molecular formula is C25H26O9S. The van der Waals surface area contributed by atoms with Gasteiger partial charge in [0.15, 0.2) is 12.2 Å². The SMILES string of the molecule is COC(=O)C1(C)OC[C@H]2O[C@@H](Sc3ccccc3)[C@H](OC(C)=O)[C@@H](OC(=O)c3ccccc3)[C@H]2O1. The quantitative estimate of drug-likeness (QED) is 0.432. The van der Waals surface area contributed by atoms with Gasteiger partial charge >= 0.3 is 17.9 Å². The Morgan fingerprint density at radius 1 is 0.971 bits per heavy atom. The summed E-state index contributed by atoms with van der Waals surface area (Å²) in [6, 6.07) is 17.8. The van der Waals surface area contributed by atoms with E-state index in [1.807, 2.05) is 30.3 Å². The van der Waals surface area contributed by atoms with Gasteiger partial charge in [-0.05, 0) is 24.3 Å². The molecule has 2 aromatic carbocycles. The molecule has 0 N–H and O–H groups in total. The van der Waals surface area contributed by atoms with Crippen LogP contribution in [0.25, 0.3) is 0 Å². The number of hydrogen-bond donors (Lipinski definition) is 0. The van der Waals surface area contributed by atoms with Crippen LogP contribution in [0.2, 0.25) is 0 Å². The highest BCUT2D eigenvalue weighted by molar-refractivity contribution is 7.99. The molecule has 0 spiro atoms. The third-order valence-electron chi connectivity index (χ3n) is 5.58. The zero-order valence-corrected chi connectivity index (χ0v) is 20.3. The topological polar surface area (TPSA) is 107 Å². The highest BCUT2D eigenvalue weighted by Gasteiger charge is 2.57. The number of carbonyl (C=O) groups excluding carboxylic acids is 3. The van der Waals surface area contributed by atoms with E-state index in [0.717, 1.165) is 4.90 Å². The third-order valence-corrected chi connectivity index (χ3v) is 6.74. The fourth-order valence-electron chi connectivity index (χ4n) is 3.93. The minimum absolute atomic E-state index is 0.0334. The zero-order valence-electron chi connectivity index (χ0n) is 19.4. The van der Waals surface area contributed by atoms with Crippen molar-refractivity contribution in [3.05, 3.63) is 66.2 Å². The molecule has 1 unspecified atom stereocenters. The molecule has 2 saturated heterocycles. The molecule has 4 rings (SSSR count). The number of benzene rings is 2. The van der Waals surface area contributed by atoms with Crippen LogP contribution in [0.1, 0.15) is 24.2 Å². The highest BCUT2D eigenvalue weighted by atomic mass is 32.2. The van der Waals surface area contributed by atoms with Crippen molar-refractivity contribution in [1.29, 1.82) is 0 Å². The lowest BCUT2D eigenvalue weighted by Crippen LogP contribution is -2.67. The molecule has 2 heterocycles. The van der Waals surface area contributed by atoms with Gasteiger partial charge < -0.3 is 28.4 Å². The normalized spacial score (nSPS) is 30.0. The van der Waals surface area contributed by atoms with Crippen molar-refractivity contribution in [3.8, 4) is 0 Å². The number of hydrogen-bond acceptors (Lipinski definition) is 10. The zero-order chi connectivity index (χ0) is 25.0. The number of esters is 3. The van der Waals surface area contributed by atoms with Crippen LogP contribution in [0.3, 0.4) is 0 Å². The summed E-state index contributed by atoms with van der Waals surface area (Å²) in [5.41, 5.74) is -0.432. The molecule has 10 heteroatoms. The van der Waals surface area contributed by atoms with Crippen LogP contribution in [0.15, 0.2) is 65.6 Å². The molecule has 186 valence electrons. The molecule has 0 aliphatic carbocycles. The van der Waals surface area contributed by atoms with Crippen molar-refractivity contribution in [1.82, 2.24) is 0 Å². The molecule has 2 fully saturated rings. The molecule has 0 amide bonds. The van der Waals surface area contributed by atoms with Crippen molar-refractivity contribution in [2.24, 2.45) is 0 Å². The summed E-state index contributed by atoms with van der Waals surface area (Å²) in [5.74, 6) is -3.73. The standard InChI is InChI=1S/C25H26O9S/c1-15(26)31-21-20(33-22(27)16-10-6-4-7-11-16)19-18(14-30-25(2,34-19)24(28)29-3)32-23(21)35-17-12-8-5-9-13-17/h4-13,18-21,23H,14H2,1-3H3/t18-,19+,20+,21-,23+,25?/m1/s1. The highest BCUT2D eigenvalue weighted by Crippen LogP contribution is 2.41. The predicted octanol–water partition coefficient (Wildman–Crippen LogP) is 2.97. The molecule has 2 aliphatic rings. The maximum absolute atomic E-state index is 13.0. The first-order chi connectivity index (χ1) is 16.8. The van der Waals surface area contributed by atoms with Gasteiger partial charge in [-0.3, -0.25) is 4.79 Å². The fraction of sp³-hybridized carbons (Fsp3) is 0.400. The second-order valence-corrected chi connectivity index (χ2v) is 9.29. The molecule has 0 aromatic heterocycles. The van der Waals surface area contributed by atoms with Crippen LogP contribution < -0.4 is 0 Å². The van der Waals surface area contributed by atoms with Gasteiger partial charge in [0.1, 0.15) is 17.6 Å². The second kappa shape index (κ2) is 10.8. The van der Waals surface area contributed by atoms with E-state index < -0.39 is 53.5 Å². The number of carbonyl (C=O) groups is 3. The largest absolute Gasteiger partial charge is 0.465 e. The Kier molecular flexibility index (Phi) is 7.75. The average molecular weight is 503 g/mol. The molecule has 2 aliphatic heterocycles. The van der Waals surface area contributed by atoms with E-state index in [1.54, 1.807) is 30.3 Å². The smallest absolute Gasteiger partial charge is 0.366 e. The molecule has 2 aromatic rings. The lowest BCUT2D eigenvalue weighted by atomic mass is 9.97. The Morgan fingerprint density at radius 3 is 2.26 bits per heavy atom. The van der Waals surface area contributed by atoms with Crippen molar-refractivity contribution < 1.29 is 42.8 Å². The first kappa shape index (κ1) is 25.2. The van der Waals surface area contributed by atoms with Crippen molar-refractivity contribution >= 4 is 29.7 Å². The van der Waals surface area contributed by atoms with Crippen molar-refractivity contribution in [2.75, 3.05) is 13.7 Å². The summed E-state index contributed by atoms with van der Waals surface area (Å²) < 4.78 is 34.2. The van der Waals surface area contributed by atoms with Gasteiger partial charge in [0, 0.05) is 18.7 Å². The first-order valence-corrected chi connectivity index (χ1v) is 11.9. The molecule has 0 saturated carbocycles. The number of fused-ring (bicyclic) bond motifs is 1. The first-order valence-electron chi connectivity index (χ1n) is 11.0. The van der Waals surface area contributed by atoms with Crippen LogP contribution in [0.5, 0.6) is 0 Å². The van der Waals surface area contributed by atoms with E-state index in [4.69, 9.17) is 28.4 Å². The summed E-state index contributed by atoms with van der Waals surface area (Å²) in [4.78, 5) is 38.4. The number of thioether (sulfide) groups is 1. The van der Waals surface area contributed by atoms with E-state index in [1.165, 1.54) is 32.7 Å². The summed E-state index contributed by atoms with van der Waals surface area (Å²) >= 11 is 1.31. The summed E-state index contributed by atoms with van der Waals surface area (Å²) in [6.45, 7) is 2.64. The van der Waals surface area contributed by atoms with E-state index in [9.17, 15) is 14.4 Å². The van der Waals surface area contributed by atoms with Crippen molar-refractivity contribution in [3.63, 3.8) is 0 Å². The van der Waals surface area contributed by atoms with Gasteiger partial charge in [-0.2, -0.15) is 0 Å². The van der Waals surface area contributed by atoms with E-state index >= 15 is 0 Å². The monoisotopic (exact) mass is 502 g/mol. The van der Waals surface area contributed by atoms with Crippen LogP contribution in [0, 0.1) is 0 Å². The Labute approximate surface area is 207 Å². The molecule has 0 bridgehead atoms. The molecule has 6 atom stereocenters. The maximum Gasteiger partial charge on any atom is 0.366 e. The van der Waals surface area contributed by atoms with Crippen LogP contribution in [0.4, 0.5) is 0 Å². The Hall–Kier alpha value is -2.92. The van der Waals surface area contributed by atoms with Crippen LogP contribution in [-0.4, -0.2) is 67.3 Å². The van der Waals surface area contributed by atoms with E-state index in [-0.39, 0.29) is 6.61 Å². The van der Waals surface area contributed by atoms with Gasteiger partial charge in [-0.1, -0.05) is 48.2 Å². The summed E-state index contributed by atoms with van der Waals surface area (Å²) in [6.07, 6.45) is -3.82. The lowest BCUT2D eigenvalue weighted by Gasteiger charge is -2.49. The Balaban J connectivity index is 1.69. The molecule has 9 nitrogen and oxygen atoms in total. The Bertz CT molecular complexity index is 1050. The number of ether oxygens (including phenoxy) is 6. The average Bonchev–Trinajstić information content (AvgIpc) is 2.86. The van der Waals surface area contributed by atoms with E-state index in [0.29, 0.717) is 5.56 Å². The van der Waals surface area contributed by atoms with Crippen LogP contribution in [-0.2, 0) is 38.0 Å². The summed E-state index contributed by atoms with van der Waals surface area (Å²) in [5, 5.41) is 0. The van der Waals surface area contributed by atoms with Crippen molar-refractivity contribution in [2.45, 2.75) is 54.4 Å². The van der Waals surface area contributed by atoms with Gasteiger partial charge in [-0.15, -0.1) is 0 Å². The molecular weight excluding hydrogens is 476 g/mol. The van der Waals surface area contributed by atoms with E-state index in [2.05, 4.69) is 0 Å². The number of methoxy groups -OCH3 is 1. The van der Waals surface area contributed by atoms with Gasteiger partial charge in [0.25, 0.3) is 5.79 Å². The molecule has 35 heavy (non-hydrogen) atoms. The molecule has 0 radical (unpaired) electrons. The fourth-order valence-corrected chi connectivity index (χ4v) is 5.05. The maximum atomic E-state index is 13.0. The van der Waals surface area contributed by atoms with Gasteiger partial charge in [0.2, 0.25) is 0 Å². The van der Waals surface area contributed by atoms with Crippen LogP contribution >= 0.6 is 11.8 Å². The second-order valence-electron chi connectivity index (χ2n) is 8.11. The lowest BCUT2D eigenvalue weighted by molar-refractivity contribution is -0.347. The Morgan fingerprint density at radius 2 is 1.63 bits per heavy atom. The summed E-state index contributed by atoms with van der Waals surface area (Å²) in [7, 11) is 1.21. The minimum Gasteiger partial charge on any atom is -0.465 e. The third kappa shape index (κ3) is 5.67. The predicted molar refractivity (Wildman–Crippen MR) is 123 cm³/mol.